The summed E-state index contributed by atoms with van der Waals surface area (Å²) in [7, 11) is 1.93. The lowest BCUT2D eigenvalue weighted by Crippen LogP contribution is -2.35. The fraction of sp³-hybridized carbons (Fsp3) is 0.500. The molecule has 0 spiro atoms. The Hall–Kier alpha value is -2.61. The van der Waals surface area contributed by atoms with Gasteiger partial charge in [-0.2, -0.15) is 5.10 Å². The number of aromatic nitrogens is 4. The summed E-state index contributed by atoms with van der Waals surface area (Å²) in [6.45, 7) is 8.02. The van der Waals surface area contributed by atoms with Gasteiger partial charge in [0.2, 0.25) is 0 Å². The highest BCUT2D eigenvalue weighted by atomic mass is 16.5. The monoisotopic (exact) mass is 356 g/mol. The molecule has 8 nitrogen and oxygen atoms in total. The predicted molar refractivity (Wildman–Crippen MR) is 95.9 cm³/mol. The summed E-state index contributed by atoms with van der Waals surface area (Å²) < 4.78 is 8.95. The van der Waals surface area contributed by atoms with E-state index in [-0.39, 0.29) is 5.91 Å². The Labute approximate surface area is 152 Å². The highest BCUT2D eigenvalue weighted by molar-refractivity contribution is 5.99. The fourth-order valence-corrected chi connectivity index (χ4v) is 3.65. The minimum atomic E-state index is 0.0565. The maximum absolute atomic E-state index is 13.0. The van der Waals surface area contributed by atoms with Gasteiger partial charge < -0.3 is 14.0 Å². The van der Waals surface area contributed by atoms with E-state index in [4.69, 9.17) is 4.52 Å². The molecule has 0 bridgehead atoms. The number of amides is 1. The number of carbonyl (C=O) groups is 1. The van der Waals surface area contributed by atoms with Crippen molar-refractivity contribution >= 4 is 11.6 Å². The molecule has 0 aromatic carbocycles. The number of imidazole rings is 1. The first-order valence-electron chi connectivity index (χ1n) is 8.96. The third-order valence-electron chi connectivity index (χ3n) is 5.20. The summed E-state index contributed by atoms with van der Waals surface area (Å²) in [5.41, 5.74) is 3.61. The number of hydrogen-bond donors (Lipinski definition) is 0. The van der Waals surface area contributed by atoms with Crippen LogP contribution in [-0.2, 0) is 13.6 Å². The number of rotatable bonds is 3. The molecule has 26 heavy (non-hydrogen) atoms. The third kappa shape index (κ3) is 2.90. The van der Waals surface area contributed by atoms with Gasteiger partial charge in [0.1, 0.15) is 17.0 Å². The first-order chi connectivity index (χ1) is 12.5. The second kappa shape index (κ2) is 6.60. The number of fused-ring (bicyclic) bond motifs is 1. The molecule has 3 aromatic heterocycles. The standard InChI is InChI=1S/C18H24N6O2/c1-13-16(14(2)26-20-13)12-22-5-4-6-23(9-8-22)18(25)15-11-19-24-10-7-21(3)17(15)24/h7,10-11H,4-6,8-9,12H2,1-3H3. The second-order valence-corrected chi connectivity index (χ2v) is 6.96. The Kier molecular flexibility index (Phi) is 4.28. The summed E-state index contributed by atoms with van der Waals surface area (Å²) in [4.78, 5) is 17.3. The molecule has 0 radical (unpaired) electrons. The lowest BCUT2D eigenvalue weighted by atomic mass is 10.2. The first kappa shape index (κ1) is 16.8. The van der Waals surface area contributed by atoms with Crippen LogP contribution in [0.15, 0.2) is 23.1 Å². The van der Waals surface area contributed by atoms with Gasteiger partial charge in [0, 0.05) is 57.7 Å². The third-order valence-corrected chi connectivity index (χ3v) is 5.20. The highest BCUT2D eigenvalue weighted by Gasteiger charge is 2.24. The Morgan fingerprint density at radius 3 is 2.81 bits per heavy atom. The van der Waals surface area contributed by atoms with Gasteiger partial charge in [0.25, 0.3) is 5.91 Å². The summed E-state index contributed by atoms with van der Waals surface area (Å²) >= 11 is 0. The zero-order valence-electron chi connectivity index (χ0n) is 15.5. The van der Waals surface area contributed by atoms with Crippen molar-refractivity contribution in [2.24, 2.45) is 7.05 Å². The van der Waals surface area contributed by atoms with Crippen molar-refractivity contribution in [2.75, 3.05) is 26.2 Å². The van der Waals surface area contributed by atoms with Crippen LogP contribution in [0.2, 0.25) is 0 Å². The van der Waals surface area contributed by atoms with E-state index >= 15 is 0 Å². The van der Waals surface area contributed by atoms with Crippen LogP contribution >= 0.6 is 0 Å². The van der Waals surface area contributed by atoms with Crippen LogP contribution < -0.4 is 0 Å². The molecule has 1 fully saturated rings. The van der Waals surface area contributed by atoms with Crippen molar-refractivity contribution in [3.8, 4) is 0 Å². The van der Waals surface area contributed by atoms with E-state index in [1.807, 2.05) is 42.8 Å². The fourth-order valence-electron chi connectivity index (χ4n) is 3.65. The van der Waals surface area contributed by atoms with Crippen molar-refractivity contribution in [1.29, 1.82) is 0 Å². The number of nitrogens with zero attached hydrogens (tertiary/aromatic N) is 6. The minimum Gasteiger partial charge on any atom is -0.361 e. The van der Waals surface area contributed by atoms with E-state index in [1.165, 1.54) is 0 Å². The van der Waals surface area contributed by atoms with E-state index in [2.05, 4.69) is 15.2 Å². The zero-order chi connectivity index (χ0) is 18.3. The number of hydrogen-bond acceptors (Lipinski definition) is 5. The largest absolute Gasteiger partial charge is 0.361 e. The second-order valence-electron chi connectivity index (χ2n) is 6.96. The molecule has 138 valence electrons. The van der Waals surface area contributed by atoms with Gasteiger partial charge in [-0.1, -0.05) is 5.16 Å². The van der Waals surface area contributed by atoms with Gasteiger partial charge in [-0.05, 0) is 20.3 Å². The molecule has 8 heteroatoms. The maximum Gasteiger partial charge on any atom is 0.259 e. The van der Waals surface area contributed by atoms with Gasteiger partial charge in [0.05, 0.1) is 11.9 Å². The first-order valence-corrected chi connectivity index (χ1v) is 8.96. The van der Waals surface area contributed by atoms with Crippen molar-refractivity contribution in [2.45, 2.75) is 26.8 Å². The quantitative estimate of drug-likeness (QED) is 0.713. The Balaban J connectivity index is 1.46. The van der Waals surface area contributed by atoms with Gasteiger partial charge in [-0.15, -0.1) is 0 Å². The number of carbonyl (C=O) groups excluding carboxylic acids is 1. The van der Waals surface area contributed by atoms with Crippen molar-refractivity contribution in [1.82, 2.24) is 29.1 Å². The van der Waals surface area contributed by atoms with Crippen LogP contribution in [-0.4, -0.2) is 61.2 Å². The Morgan fingerprint density at radius 2 is 2.04 bits per heavy atom. The molecule has 1 aliphatic heterocycles. The van der Waals surface area contributed by atoms with Crippen LogP contribution in [0.5, 0.6) is 0 Å². The van der Waals surface area contributed by atoms with Crippen molar-refractivity contribution in [3.05, 3.63) is 41.2 Å². The van der Waals surface area contributed by atoms with E-state index in [1.54, 1.807) is 10.7 Å². The molecule has 0 unspecified atom stereocenters. The topological polar surface area (TPSA) is 71.8 Å². The molecule has 4 rings (SSSR count). The molecule has 0 N–H and O–H groups in total. The van der Waals surface area contributed by atoms with E-state index in [0.29, 0.717) is 12.1 Å². The molecular formula is C18H24N6O2. The molecule has 0 aliphatic carbocycles. The smallest absolute Gasteiger partial charge is 0.259 e. The lowest BCUT2D eigenvalue weighted by molar-refractivity contribution is 0.0762. The summed E-state index contributed by atoms with van der Waals surface area (Å²) in [5, 5.41) is 8.32. The molecule has 0 atom stereocenters. The van der Waals surface area contributed by atoms with Crippen molar-refractivity contribution in [3.63, 3.8) is 0 Å². The molecule has 4 heterocycles. The maximum atomic E-state index is 13.0. The average molecular weight is 356 g/mol. The summed E-state index contributed by atoms with van der Waals surface area (Å²) in [6, 6.07) is 0. The van der Waals surface area contributed by atoms with E-state index in [0.717, 1.165) is 55.3 Å². The minimum absolute atomic E-state index is 0.0565. The van der Waals surface area contributed by atoms with E-state index < -0.39 is 0 Å². The number of aryl methyl sites for hydroxylation is 3. The van der Waals surface area contributed by atoms with Crippen molar-refractivity contribution < 1.29 is 9.32 Å². The Morgan fingerprint density at radius 1 is 1.19 bits per heavy atom. The SMILES string of the molecule is Cc1noc(C)c1CN1CCCN(C(=O)c2cnn3ccn(C)c23)CC1. The van der Waals surface area contributed by atoms with Crippen LogP contribution in [0.25, 0.3) is 5.65 Å². The molecule has 1 aliphatic rings. The van der Waals surface area contributed by atoms with Crippen LogP contribution in [0.4, 0.5) is 0 Å². The van der Waals surface area contributed by atoms with Crippen LogP contribution in [0.3, 0.4) is 0 Å². The molecule has 1 amide bonds. The summed E-state index contributed by atoms with van der Waals surface area (Å²) in [6.07, 6.45) is 6.39. The molecule has 3 aromatic rings. The normalized spacial score (nSPS) is 16.3. The predicted octanol–water partition coefficient (Wildman–Crippen LogP) is 1.63. The van der Waals surface area contributed by atoms with E-state index in [9.17, 15) is 4.79 Å². The average Bonchev–Trinajstić information content (AvgIpc) is 3.23. The summed E-state index contributed by atoms with van der Waals surface area (Å²) in [5.74, 6) is 0.937. The van der Waals surface area contributed by atoms with Gasteiger partial charge in [0.15, 0.2) is 0 Å². The van der Waals surface area contributed by atoms with Gasteiger partial charge in [-0.25, -0.2) is 4.52 Å². The Bertz CT molecular complexity index is 917. The lowest BCUT2D eigenvalue weighted by Gasteiger charge is -2.21. The highest BCUT2D eigenvalue weighted by Crippen LogP contribution is 2.18. The van der Waals surface area contributed by atoms with Crippen LogP contribution in [0.1, 0.15) is 33.8 Å². The van der Waals surface area contributed by atoms with Gasteiger partial charge >= 0.3 is 0 Å². The zero-order valence-corrected chi connectivity index (χ0v) is 15.5. The van der Waals surface area contributed by atoms with Gasteiger partial charge in [-0.3, -0.25) is 9.69 Å². The molecule has 0 saturated carbocycles. The molecule has 1 saturated heterocycles. The van der Waals surface area contributed by atoms with Crippen LogP contribution in [0, 0.1) is 13.8 Å². The molecular weight excluding hydrogens is 332 g/mol.